The first-order valence-corrected chi connectivity index (χ1v) is 8.33. The van der Waals surface area contributed by atoms with Crippen LogP contribution in [0, 0.1) is 17.8 Å². The number of hydrogen-bond acceptors (Lipinski definition) is 2. The molecule has 20 heavy (non-hydrogen) atoms. The van der Waals surface area contributed by atoms with Crippen LogP contribution in [0.4, 0.5) is 0 Å². The lowest BCUT2D eigenvalue weighted by Crippen LogP contribution is -2.35. The molecule has 114 valence electrons. The van der Waals surface area contributed by atoms with Gasteiger partial charge < -0.3 is 10.4 Å². The third-order valence-corrected chi connectivity index (χ3v) is 5.47. The van der Waals surface area contributed by atoms with Crippen molar-refractivity contribution in [1.82, 2.24) is 5.32 Å². The minimum atomic E-state index is -0.0965. The van der Waals surface area contributed by atoms with Crippen LogP contribution in [0.25, 0.3) is 0 Å². The maximum Gasteiger partial charge on any atom is 0.0577 e. The second-order valence-electron chi connectivity index (χ2n) is 6.60. The van der Waals surface area contributed by atoms with Crippen LogP contribution in [0.3, 0.4) is 0 Å². The van der Waals surface area contributed by atoms with Crippen LogP contribution in [-0.4, -0.2) is 24.3 Å². The Bertz CT molecular complexity index is 360. The first-order chi connectivity index (χ1) is 9.69. The number of hydrogen-bond donors (Lipinski definition) is 2. The summed E-state index contributed by atoms with van der Waals surface area (Å²) in [5, 5.41) is 13.9. The molecule has 0 aliphatic heterocycles. The standard InChI is InChI=1S/C18H31NO/c1-4-7-13(5-2)15-11-17(18(20)12-15)14-8-6-9-16(10-14)19-3/h4-5,7,14-20H,6,8-12H2,1-3H3/b7-4-,13-5+/t14-,15+,16?,17?,18-/m0/s1. The Balaban J connectivity index is 2.00. The summed E-state index contributed by atoms with van der Waals surface area (Å²) in [5.41, 5.74) is 1.41. The van der Waals surface area contributed by atoms with Gasteiger partial charge in [-0.1, -0.05) is 24.6 Å². The highest BCUT2D eigenvalue weighted by molar-refractivity contribution is 5.22. The van der Waals surface area contributed by atoms with E-state index in [2.05, 4.69) is 44.4 Å². The van der Waals surface area contributed by atoms with Crippen molar-refractivity contribution in [2.24, 2.45) is 17.8 Å². The summed E-state index contributed by atoms with van der Waals surface area (Å²) in [6, 6.07) is 0.664. The summed E-state index contributed by atoms with van der Waals surface area (Å²) in [5.74, 6) is 1.78. The topological polar surface area (TPSA) is 32.3 Å². The molecule has 2 heteroatoms. The molecule has 2 saturated carbocycles. The van der Waals surface area contributed by atoms with Crippen molar-refractivity contribution in [2.45, 2.75) is 64.5 Å². The number of aliphatic hydroxyl groups is 1. The molecule has 2 fully saturated rings. The Morgan fingerprint density at radius 2 is 1.95 bits per heavy atom. The normalized spacial score (nSPS) is 39.6. The van der Waals surface area contributed by atoms with E-state index in [4.69, 9.17) is 0 Å². The third-order valence-electron chi connectivity index (χ3n) is 5.47. The lowest BCUT2D eigenvalue weighted by Gasteiger charge is -2.34. The lowest BCUT2D eigenvalue weighted by atomic mass is 9.76. The Hall–Kier alpha value is -0.600. The van der Waals surface area contributed by atoms with Crippen molar-refractivity contribution in [3.05, 3.63) is 23.8 Å². The number of nitrogens with one attached hydrogen (secondary N) is 1. The zero-order valence-corrected chi connectivity index (χ0v) is 13.3. The van der Waals surface area contributed by atoms with E-state index in [0.717, 1.165) is 6.42 Å². The van der Waals surface area contributed by atoms with E-state index in [-0.39, 0.29) is 6.10 Å². The molecule has 0 amide bonds. The van der Waals surface area contributed by atoms with E-state index in [9.17, 15) is 5.11 Å². The lowest BCUT2D eigenvalue weighted by molar-refractivity contribution is 0.0772. The van der Waals surface area contributed by atoms with E-state index in [1.54, 1.807) is 0 Å². The van der Waals surface area contributed by atoms with E-state index in [1.165, 1.54) is 37.7 Å². The van der Waals surface area contributed by atoms with E-state index in [1.807, 2.05) is 0 Å². The fourth-order valence-electron chi connectivity index (χ4n) is 4.37. The number of rotatable bonds is 4. The zero-order chi connectivity index (χ0) is 14.5. The van der Waals surface area contributed by atoms with Crippen molar-refractivity contribution >= 4 is 0 Å². The molecular formula is C18H31NO. The summed E-state index contributed by atoms with van der Waals surface area (Å²) in [4.78, 5) is 0. The van der Waals surface area contributed by atoms with Crippen LogP contribution in [0.15, 0.2) is 23.8 Å². The molecule has 0 aromatic carbocycles. The summed E-state index contributed by atoms with van der Waals surface area (Å²) in [6.45, 7) is 4.19. The predicted octanol–water partition coefficient (Wildman–Crippen LogP) is 3.67. The van der Waals surface area contributed by atoms with Crippen LogP contribution in [-0.2, 0) is 0 Å². The molecular weight excluding hydrogens is 246 g/mol. The first-order valence-electron chi connectivity index (χ1n) is 8.33. The van der Waals surface area contributed by atoms with Gasteiger partial charge in [0.15, 0.2) is 0 Å². The predicted molar refractivity (Wildman–Crippen MR) is 85.6 cm³/mol. The molecule has 0 radical (unpaired) electrons. The van der Waals surface area contributed by atoms with Crippen LogP contribution in [0.2, 0.25) is 0 Å². The third kappa shape index (κ3) is 3.53. The smallest absolute Gasteiger partial charge is 0.0577 e. The SMILES string of the molecule is C/C=C\C(=C/C)[C@@H]1CC([C@H]2CCCC(NC)C2)[C@@H](O)C1. The minimum absolute atomic E-state index is 0.0965. The fourth-order valence-corrected chi connectivity index (χ4v) is 4.37. The Morgan fingerprint density at radius 1 is 1.15 bits per heavy atom. The molecule has 0 bridgehead atoms. The number of allylic oxidation sites excluding steroid dienone is 4. The molecule has 2 N–H and O–H groups in total. The molecule has 5 atom stereocenters. The Kier molecular flexibility index (Phi) is 5.86. The van der Waals surface area contributed by atoms with Crippen molar-refractivity contribution < 1.29 is 5.11 Å². The monoisotopic (exact) mass is 277 g/mol. The highest BCUT2D eigenvalue weighted by Crippen LogP contribution is 2.44. The van der Waals surface area contributed by atoms with Crippen molar-refractivity contribution in [3.63, 3.8) is 0 Å². The van der Waals surface area contributed by atoms with Crippen molar-refractivity contribution in [2.75, 3.05) is 7.05 Å². The van der Waals surface area contributed by atoms with E-state index in [0.29, 0.717) is 23.8 Å². The second-order valence-corrected chi connectivity index (χ2v) is 6.60. The molecule has 2 rings (SSSR count). The molecule has 2 unspecified atom stereocenters. The minimum Gasteiger partial charge on any atom is -0.393 e. The molecule has 2 aliphatic rings. The molecule has 0 aromatic heterocycles. The van der Waals surface area contributed by atoms with Gasteiger partial charge in [-0.3, -0.25) is 0 Å². The fraction of sp³-hybridized carbons (Fsp3) is 0.778. The molecule has 0 saturated heterocycles. The molecule has 2 nitrogen and oxygen atoms in total. The van der Waals surface area contributed by atoms with Crippen molar-refractivity contribution in [1.29, 1.82) is 0 Å². The van der Waals surface area contributed by atoms with Gasteiger partial charge in [0.25, 0.3) is 0 Å². The largest absolute Gasteiger partial charge is 0.393 e. The summed E-state index contributed by atoms with van der Waals surface area (Å²) >= 11 is 0. The van der Waals surface area contributed by atoms with Gasteiger partial charge in [-0.15, -0.1) is 0 Å². The zero-order valence-electron chi connectivity index (χ0n) is 13.3. The molecule has 0 heterocycles. The first kappa shape index (κ1) is 15.8. The van der Waals surface area contributed by atoms with Gasteiger partial charge in [0.1, 0.15) is 0 Å². The highest BCUT2D eigenvalue weighted by Gasteiger charge is 2.40. The van der Waals surface area contributed by atoms with Gasteiger partial charge in [0.2, 0.25) is 0 Å². The average molecular weight is 277 g/mol. The van der Waals surface area contributed by atoms with Gasteiger partial charge >= 0.3 is 0 Å². The van der Waals surface area contributed by atoms with Gasteiger partial charge in [-0.05, 0) is 76.3 Å². The van der Waals surface area contributed by atoms with Crippen LogP contribution in [0.1, 0.15) is 52.4 Å². The second kappa shape index (κ2) is 7.42. The van der Waals surface area contributed by atoms with E-state index < -0.39 is 0 Å². The van der Waals surface area contributed by atoms with E-state index >= 15 is 0 Å². The maximum atomic E-state index is 10.5. The summed E-state index contributed by atoms with van der Waals surface area (Å²) < 4.78 is 0. The maximum absolute atomic E-state index is 10.5. The summed E-state index contributed by atoms with van der Waals surface area (Å²) in [7, 11) is 2.07. The quantitative estimate of drug-likeness (QED) is 0.768. The summed E-state index contributed by atoms with van der Waals surface area (Å²) in [6.07, 6.45) is 13.8. The molecule has 0 aromatic rings. The van der Waals surface area contributed by atoms with Crippen molar-refractivity contribution in [3.8, 4) is 0 Å². The van der Waals surface area contributed by atoms with Crippen LogP contribution >= 0.6 is 0 Å². The molecule has 0 spiro atoms. The Labute approximate surface area is 124 Å². The Morgan fingerprint density at radius 3 is 2.60 bits per heavy atom. The van der Waals surface area contributed by atoms with Gasteiger partial charge in [0.05, 0.1) is 6.10 Å². The molecule has 2 aliphatic carbocycles. The average Bonchev–Trinajstić information content (AvgIpc) is 2.86. The van der Waals surface area contributed by atoms with Crippen LogP contribution < -0.4 is 5.32 Å². The van der Waals surface area contributed by atoms with Gasteiger partial charge in [-0.25, -0.2) is 0 Å². The van der Waals surface area contributed by atoms with Crippen LogP contribution in [0.5, 0.6) is 0 Å². The van der Waals surface area contributed by atoms with Gasteiger partial charge in [-0.2, -0.15) is 0 Å². The highest BCUT2D eigenvalue weighted by atomic mass is 16.3. The number of aliphatic hydroxyl groups excluding tert-OH is 1. The van der Waals surface area contributed by atoms with Gasteiger partial charge in [0, 0.05) is 6.04 Å².